The Morgan fingerprint density at radius 1 is 0.708 bits per heavy atom. The highest BCUT2D eigenvalue weighted by Crippen LogP contribution is 2.36. The molecule has 1 aromatic heterocycles. The van der Waals surface area contributed by atoms with Gasteiger partial charge in [-0.05, 0) is 35.7 Å². The van der Waals surface area contributed by atoms with Crippen LogP contribution >= 0.6 is 0 Å². The summed E-state index contributed by atoms with van der Waals surface area (Å²) in [7, 11) is 0. The third-order valence-corrected chi connectivity index (χ3v) is 4.40. The molecular formula is C22H19NO. The van der Waals surface area contributed by atoms with Crippen LogP contribution in [-0.2, 0) is 6.42 Å². The molecule has 118 valence electrons. The fourth-order valence-corrected chi connectivity index (χ4v) is 3.42. The Bertz CT molecular complexity index is 955. The summed E-state index contributed by atoms with van der Waals surface area (Å²) < 4.78 is 2.30. The van der Waals surface area contributed by atoms with E-state index in [0.717, 1.165) is 11.4 Å². The molecule has 2 nitrogen and oxygen atoms in total. The zero-order valence-corrected chi connectivity index (χ0v) is 13.4. The van der Waals surface area contributed by atoms with E-state index in [4.69, 9.17) is 0 Å². The Morgan fingerprint density at radius 3 is 2.04 bits per heavy atom. The molecule has 3 aromatic carbocycles. The maximum atomic E-state index is 9.62. The van der Waals surface area contributed by atoms with E-state index in [1.165, 1.54) is 22.0 Å². The first-order valence-electron chi connectivity index (χ1n) is 8.24. The summed E-state index contributed by atoms with van der Waals surface area (Å²) in [6.07, 6.45) is 0.643. The monoisotopic (exact) mass is 313 g/mol. The minimum atomic E-state index is 0.141. The lowest BCUT2D eigenvalue weighted by molar-refractivity contribution is 0.300. The van der Waals surface area contributed by atoms with Crippen molar-refractivity contribution in [3.05, 3.63) is 90.5 Å². The highest BCUT2D eigenvalue weighted by atomic mass is 16.2. The zero-order valence-electron chi connectivity index (χ0n) is 13.4. The van der Waals surface area contributed by atoms with E-state index < -0.39 is 0 Å². The van der Waals surface area contributed by atoms with Crippen molar-refractivity contribution >= 4 is 10.9 Å². The number of aliphatic hydroxyl groups is 1. The number of fused-ring (bicyclic) bond motifs is 1. The molecule has 1 N–H and O–H groups in total. The molecule has 0 aliphatic heterocycles. The third kappa shape index (κ3) is 2.41. The minimum absolute atomic E-state index is 0.141. The second-order valence-corrected chi connectivity index (χ2v) is 5.85. The average molecular weight is 313 g/mol. The zero-order chi connectivity index (χ0) is 16.4. The van der Waals surface area contributed by atoms with Gasteiger partial charge in [0.15, 0.2) is 0 Å². The molecule has 0 unspecified atom stereocenters. The summed E-state index contributed by atoms with van der Waals surface area (Å²) in [5, 5.41) is 10.8. The molecule has 2 heteroatoms. The first-order chi connectivity index (χ1) is 11.9. The number of nitrogens with zero attached hydrogens (tertiary/aromatic N) is 1. The molecule has 0 saturated heterocycles. The molecule has 0 aliphatic carbocycles. The predicted molar refractivity (Wildman–Crippen MR) is 99.5 cm³/mol. The van der Waals surface area contributed by atoms with Crippen LogP contribution in [0.15, 0.2) is 84.9 Å². The van der Waals surface area contributed by atoms with Gasteiger partial charge in [-0.1, -0.05) is 66.7 Å². The lowest BCUT2D eigenvalue weighted by Gasteiger charge is -2.12. The van der Waals surface area contributed by atoms with Crippen molar-refractivity contribution < 1.29 is 5.11 Å². The van der Waals surface area contributed by atoms with Crippen molar-refractivity contribution in [3.8, 4) is 16.9 Å². The Balaban J connectivity index is 2.13. The number of hydrogen-bond donors (Lipinski definition) is 1. The second kappa shape index (κ2) is 6.34. The van der Waals surface area contributed by atoms with Gasteiger partial charge in [-0.3, -0.25) is 0 Å². The standard InChI is InChI=1S/C22H19NO/c24-16-15-20-19-13-7-8-14-21(19)23(18-11-5-2-6-12-18)22(20)17-9-3-1-4-10-17/h1-14,24H,15-16H2. The number of rotatable bonds is 4. The van der Waals surface area contributed by atoms with Gasteiger partial charge >= 0.3 is 0 Å². The van der Waals surface area contributed by atoms with E-state index in [9.17, 15) is 5.11 Å². The lowest BCUT2D eigenvalue weighted by Crippen LogP contribution is -1.99. The number of aromatic nitrogens is 1. The molecule has 0 amide bonds. The van der Waals surface area contributed by atoms with Crippen molar-refractivity contribution in [1.82, 2.24) is 4.57 Å². The highest BCUT2D eigenvalue weighted by Gasteiger charge is 2.18. The van der Waals surface area contributed by atoms with Crippen molar-refractivity contribution in [1.29, 1.82) is 0 Å². The average Bonchev–Trinajstić information content (AvgIpc) is 2.98. The van der Waals surface area contributed by atoms with Crippen LogP contribution in [0.2, 0.25) is 0 Å². The van der Waals surface area contributed by atoms with E-state index in [2.05, 4.69) is 77.4 Å². The van der Waals surface area contributed by atoms with E-state index in [0.29, 0.717) is 6.42 Å². The van der Waals surface area contributed by atoms with Gasteiger partial charge in [0.2, 0.25) is 0 Å². The van der Waals surface area contributed by atoms with Crippen LogP contribution in [0.25, 0.3) is 27.8 Å². The molecule has 0 atom stereocenters. The third-order valence-electron chi connectivity index (χ3n) is 4.40. The van der Waals surface area contributed by atoms with Crippen LogP contribution in [0.4, 0.5) is 0 Å². The molecule has 24 heavy (non-hydrogen) atoms. The van der Waals surface area contributed by atoms with Crippen LogP contribution in [0, 0.1) is 0 Å². The number of para-hydroxylation sites is 2. The van der Waals surface area contributed by atoms with Crippen molar-refractivity contribution in [2.24, 2.45) is 0 Å². The quantitative estimate of drug-likeness (QED) is 0.573. The van der Waals surface area contributed by atoms with Crippen LogP contribution in [0.5, 0.6) is 0 Å². The Morgan fingerprint density at radius 2 is 1.33 bits per heavy atom. The molecule has 4 aromatic rings. The molecule has 1 heterocycles. The summed E-state index contributed by atoms with van der Waals surface area (Å²) in [4.78, 5) is 0. The maximum Gasteiger partial charge on any atom is 0.0573 e. The summed E-state index contributed by atoms with van der Waals surface area (Å²) in [5.41, 5.74) is 5.84. The minimum Gasteiger partial charge on any atom is -0.396 e. The fourth-order valence-electron chi connectivity index (χ4n) is 3.42. The van der Waals surface area contributed by atoms with E-state index in [1.54, 1.807) is 0 Å². The first kappa shape index (κ1) is 14.7. The molecule has 0 spiro atoms. The fraction of sp³-hybridized carbons (Fsp3) is 0.0909. The van der Waals surface area contributed by atoms with Gasteiger partial charge in [-0.15, -0.1) is 0 Å². The van der Waals surface area contributed by atoms with Crippen molar-refractivity contribution in [3.63, 3.8) is 0 Å². The number of aliphatic hydroxyl groups excluding tert-OH is 1. The summed E-state index contributed by atoms with van der Waals surface area (Å²) in [6.45, 7) is 0.141. The maximum absolute atomic E-state index is 9.62. The van der Waals surface area contributed by atoms with Gasteiger partial charge in [0.25, 0.3) is 0 Å². The van der Waals surface area contributed by atoms with Crippen LogP contribution in [-0.4, -0.2) is 16.3 Å². The molecule has 0 radical (unpaired) electrons. The van der Waals surface area contributed by atoms with Crippen LogP contribution in [0.3, 0.4) is 0 Å². The van der Waals surface area contributed by atoms with E-state index in [-0.39, 0.29) is 6.61 Å². The van der Waals surface area contributed by atoms with Gasteiger partial charge in [-0.25, -0.2) is 0 Å². The molecule has 0 fully saturated rings. The SMILES string of the molecule is OCCc1c(-c2ccccc2)n(-c2ccccc2)c2ccccc12. The van der Waals surface area contributed by atoms with Crippen molar-refractivity contribution in [2.75, 3.05) is 6.61 Å². The Kier molecular flexibility index (Phi) is 3.89. The van der Waals surface area contributed by atoms with E-state index >= 15 is 0 Å². The molecular weight excluding hydrogens is 294 g/mol. The van der Waals surface area contributed by atoms with Crippen molar-refractivity contribution in [2.45, 2.75) is 6.42 Å². The molecule has 0 aliphatic rings. The van der Waals surface area contributed by atoms with Crippen LogP contribution < -0.4 is 0 Å². The molecule has 4 rings (SSSR count). The summed E-state index contributed by atoms with van der Waals surface area (Å²) in [6, 6.07) is 29.3. The topological polar surface area (TPSA) is 25.2 Å². The Labute approximate surface area is 141 Å². The predicted octanol–water partition coefficient (Wildman–Crippen LogP) is 4.83. The number of benzene rings is 3. The van der Waals surface area contributed by atoms with Gasteiger partial charge < -0.3 is 9.67 Å². The normalized spacial score (nSPS) is 11.0. The highest BCUT2D eigenvalue weighted by molar-refractivity contribution is 5.93. The molecule has 0 saturated carbocycles. The van der Waals surface area contributed by atoms with Gasteiger partial charge in [0.05, 0.1) is 11.2 Å². The summed E-state index contributed by atoms with van der Waals surface area (Å²) in [5.74, 6) is 0. The molecule has 0 bridgehead atoms. The first-order valence-corrected chi connectivity index (χ1v) is 8.24. The lowest BCUT2D eigenvalue weighted by atomic mass is 10.0. The number of hydrogen-bond acceptors (Lipinski definition) is 1. The van der Waals surface area contributed by atoms with Crippen LogP contribution in [0.1, 0.15) is 5.56 Å². The van der Waals surface area contributed by atoms with Gasteiger partial charge in [0.1, 0.15) is 0 Å². The van der Waals surface area contributed by atoms with Gasteiger partial charge in [-0.2, -0.15) is 0 Å². The smallest absolute Gasteiger partial charge is 0.0573 e. The second-order valence-electron chi connectivity index (χ2n) is 5.85. The largest absolute Gasteiger partial charge is 0.396 e. The Hall–Kier alpha value is -2.84. The van der Waals surface area contributed by atoms with Gasteiger partial charge in [0, 0.05) is 17.7 Å². The summed E-state index contributed by atoms with van der Waals surface area (Å²) >= 11 is 0. The van der Waals surface area contributed by atoms with E-state index in [1.807, 2.05) is 12.1 Å².